The Morgan fingerprint density at radius 3 is 2.23 bits per heavy atom. The van der Waals surface area contributed by atoms with E-state index in [1.54, 1.807) is 10.7 Å². The first-order valence-electron chi connectivity index (χ1n) is 9.91. The SMILES string of the molecule is Cc1cccc(NC(=O)c2cnn(-c3ccccc3)c2NC(=O)c2ccccc2C)c1. The molecular weight excluding hydrogens is 388 g/mol. The quantitative estimate of drug-likeness (QED) is 0.486. The second kappa shape index (κ2) is 8.67. The van der Waals surface area contributed by atoms with Crippen LogP contribution in [0.4, 0.5) is 11.5 Å². The van der Waals surface area contributed by atoms with Gasteiger partial charge in [-0.1, -0.05) is 48.5 Å². The highest BCUT2D eigenvalue weighted by atomic mass is 16.2. The first-order valence-corrected chi connectivity index (χ1v) is 9.91. The van der Waals surface area contributed by atoms with Crippen molar-refractivity contribution >= 4 is 23.3 Å². The molecule has 0 radical (unpaired) electrons. The van der Waals surface area contributed by atoms with Crippen molar-refractivity contribution in [3.05, 3.63) is 107 Å². The van der Waals surface area contributed by atoms with Crippen LogP contribution in [0.5, 0.6) is 0 Å². The Hall–Kier alpha value is -4.19. The van der Waals surface area contributed by atoms with Gasteiger partial charge in [-0.2, -0.15) is 5.10 Å². The molecule has 154 valence electrons. The van der Waals surface area contributed by atoms with Crippen LogP contribution < -0.4 is 10.6 Å². The molecule has 0 spiro atoms. The molecule has 6 heteroatoms. The van der Waals surface area contributed by atoms with E-state index in [9.17, 15) is 9.59 Å². The molecule has 31 heavy (non-hydrogen) atoms. The van der Waals surface area contributed by atoms with E-state index in [0.717, 1.165) is 16.8 Å². The van der Waals surface area contributed by atoms with Crippen LogP contribution in [-0.2, 0) is 0 Å². The van der Waals surface area contributed by atoms with E-state index in [-0.39, 0.29) is 17.4 Å². The largest absolute Gasteiger partial charge is 0.322 e. The lowest BCUT2D eigenvalue weighted by atomic mass is 10.1. The average molecular weight is 410 g/mol. The minimum atomic E-state index is -0.354. The Bertz CT molecular complexity index is 1250. The number of hydrogen-bond acceptors (Lipinski definition) is 3. The number of rotatable bonds is 5. The Labute approximate surface area is 180 Å². The maximum atomic E-state index is 13.1. The van der Waals surface area contributed by atoms with Gasteiger partial charge in [0, 0.05) is 11.3 Å². The maximum absolute atomic E-state index is 13.1. The van der Waals surface area contributed by atoms with E-state index in [1.807, 2.05) is 86.6 Å². The summed E-state index contributed by atoms with van der Waals surface area (Å²) in [5.74, 6) is -0.349. The van der Waals surface area contributed by atoms with Crippen LogP contribution in [0.1, 0.15) is 31.8 Å². The van der Waals surface area contributed by atoms with Crippen molar-refractivity contribution in [2.45, 2.75) is 13.8 Å². The van der Waals surface area contributed by atoms with Gasteiger partial charge in [0.05, 0.1) is 11.9 Å². The molecule has 2 amide bonds. The van der Waals surface area contributed by atoms with E-state index >= 15 is 0 Å². The lowest BCUT2D eigenvalue weighted by Crippen LogP contribution is -2.20. The molecule has 0 saturated heterocycles. The summed E-state index contributed by atoms with van der Waals surface area (Å²) in [6.45, 7) is 3.83. The second-order valence-electron chi connectivity index (χ2n) is 7.25. The predicted octanol–water partition coefficient (Wildman–Crippen LogP) is 4.99. The van der Waals surface area contributed by atoms with Crippen molar-refractivity contribution in [2.24, 2.45) is 0 Å². The Morgan fingerprint density at radius 2 is 1.48 bits per heavy atom. The molecule has 1 aromatic heterocycles. The summed E-state index contributed by atoms with van der Waals surface area (Å²) in [6.07, 6.45) is 1.46. The minimum Gasteiger partial charge on any atom is -0.322 e. The molecule has 6 nitrogen and oxygen atoms in total. The summed E-state index contributed by atoms with van der Waals surface area (Å²) in [7, 11) is 0. The molecule has 0 bridgehead atoms. The van der Waals surface area contributed by atoms with Crippen LogP contribution in [-0.4, -0.2) is 21.6 Å². The average Bonchev–Trinajstić information content (AvgIpc) is 3.18. The highest BCUT2D eigenvalue weighted by molar-refractivity contribution is 6.12. The van der Waals surface area contributed by atoms with E-state index in [4.69, 9.17) is 0 Å². The summed E-state index contributed by atoms with van der Waals surface area (Å²) < 4.78 is 1.56. The third kappa shape index (κ3) is 4.38. The van der Waals surface area contributed by atoms with Gasteiger partial charge in [-0.05, 0) is 55.3 Å². The summed E-state index contributed by atoms with van der Waals surface area (Å²) in [5.41, 5.74) is 4.09. The molecule has 1 heterocycles. The van der Waals surface area contributed by atoms with Crippen molar-refractivity contribution in [1.82, 2.24) is 9.78 Å². The van der Waals surface area contributed by atoms with Gasteiger partial charge >= 0.3 is 0 Å². The van der Waals surface area contributed by atoms with E-state index in [1.165, 1.54) is 6.20 Å². The van der Waals surface area contributed by atoms with E-state index < -0.39 is 0 Å². The number of nitrogens with zero attached hydrogens (tertiary/aromatic N) is 2. The highest BCUT2D eigenvalue weighted by Crippen LogP contribution is 2.23. The molecule has 4 rings (SSSR count). The van der Waals surface area contributed by atoms with Crippen LogP contribution >= 0.6 is 0 Å². The van der Waals surface area contributed by atoms with Gasteiger partial charge in [0.2, 0.25) is 0 Å². The van der Waals surface area contributed by atoms with Crippen molar-refractivity contribution in [1.29, 1.82) is 0 Å². The molecule has 2 N–H and O–H groups in total. The molecule has 0 aliphatic rings. The maximum Gasteiger partial charge on any atom is 0.261 e. The molecule has 4 aromatic rings. The zero-order valence-electron chi connectivity index (χ0n) is 17.3. The summed E-state index contributed by atoms with van der Waals surface area (Å²) in [6, 6.07) is 24.2. The van der Waals surface area contributed by atoms with E-state index in [0.29, 0.717) is 17.1 Å². The first kappa shape index (κ1) is 20.1. The predicted molar refractivity (Wildman–Crippen MR) is 122 cm³/mol. The van der Waals surface area contributed by atoms with Crippen molar-refractivity contribution in [3.63, 3.8) is 0 Å². The Morgan fingerprint density at radius 1 is 0.774 bits per heavy atom. The third-order valence-electron chi connectivity index (χ3n) is 4.91. The zero-order chi connectivity index (χ0) is 21.8. The van der Waals surface area contributed by atoms with Gasteiger partial charge in [0.15, 0.2) is 0 Å². The minimum absolute atomic E-state index is 0.271. The number of benzene rings is 3. The summed E-state index contributed by atoms with van der Waals surface area (Å²) in [4.78, 5) is 26.1. The van der Waals surface area contributed by atoms with Gasteiger partial charge in [0.1, 0.15) is 11.4 Å². The van der Waals surface area contributed by atoms with Gasteiger partial charge in [-0.15, -0.1) is 0 Å². The normalized spacial score (nSPS) is 10.5. The van der Waals surface area contributed by atoms with Crippen LogP contribution in [0.3, 0.4) is 0 Å². The lowest BCUT2D eigenvalue weighted by Gasteiger charge is -2.13. The van der Waals surface area contributed by atoms with Gasteiger partial charge in [-0.25, -0.2) is 4.68 Å². The lowest BCUT2D eigenvalue weighted by molar-refractivity contribution is 0.102. The van der Waals surface area contributed by atoms with Crippen molar-refractivity contribution < 1.29 is 9.59 Å². The summed E-state index contributed by atoms with van der Waals surface area (Å²) in [5, 5.41) is 10.2. The van der Waals surface area contributed by atoms with Crippen LogP contribution in [0.2, 0.25) is 0 Å². The number of carbonyl (C=O) groups is 2. The number of carbonyl (C=O) groups excluding carboxylic acids is 2. The number of anilines is 2. The molecule has 0 atom stereocenters. The number of aromatic nitrogens is 2. The topological polar surface area (TPSA) is 76.0 Å². The van der Waals surface area contributed by atoms with Gasteiger partial charge in [0.25, 0.3) is 11.8 Å². The fraction of sp³-hybridized carbons (Fsp3) is 0.0800. The molecule has 3 aromatic carbocycles. The van der Waals surface area contributed by atoms with Crippen LogP contribution in [0, 0.1) is 13.8 Å². The van der Waals surface area contributed by atoms with E-state index in [2.05, 4.69) is 15.7 Å². The van der Waals surface area contributed by atoms with Crippen molar-refractivity contribution in [2.75, 3.05) is 10.6 Å². The standard InChI is InChI=1S/C25H22N4O2/c1-17-9-8-11-19(15-17)27-25(31)22-16-26-29(20-12-4-3-5-13-20)23(22)28-24(30)21-14-7-6-10-18(21)2/h3-16H,1-2H3,(H,27,31)(H,28,30). The van der Waals surface area contributed by atoms with Crippen LogP contribution in [0.25, 0.3) is 5.69 Å². The molecule has 0 unspecified atom stereocenters. The fourth-order valence-electron chi connectivity index (χ4n) is 3.32. The molecule has 0 aliphatic heterocycles. The number of nitrogens with one attached hydrogen (secondary N) is 2. The van der Waals surface area contributed by atoms with Gasteiger partial charge in [-0.3, -0.25) is 9.59 Å². The Kier molecular flexibility index (Phi) is 5.62. The monoisotopic (exact) mass is 410 g/mol. The zero-order valence-corrected chi connectivity index (χ0v) is 17.3. The van der Waals surface area contributed by atoms with Crippen LogP contribution in [0.15, 0.2) is 85.1 Å². The molecular formula is C25H22N4O2. The van der Waals surface area contributed by atoms with Gasteiger partial charge < -0.3 is 10.6 Å². The third-order valence-corrected chi connectivity index (χ3v) is 4.91. The Balaban J connectivity index is 1.72. The molecule has 0 fully saturated rings. The smallest absolute Gasteiger partial charge is 0.261 e. The molecule has 0 aliphatic carbocycles. The number of aryl methyl sites for hydroxylation is 2. The fourth-order valence-corrected chi connectivity index (χ4v) is 3.32. The first-order chi connectivity index (χ1) is 15.0. The number of para-hydroxylation sites is 1. The molecule has 0 saturated carbocycles. The van der Waals surface area contributed by atoms with Crippen molar-refractivity contribution in [3.8, 4) is 5.69 Å². The number of hydrogen-bond donors (Lipinski definition) is 2. The summed E-state index contributed by atoms with van der Waals surface area (Å²) >= 11 is 0. The highest BCUT2D eigenvalue weighted by Gasteiger charge is 2.22. The second-order valence-corrected chi connectivity index (χ2v) is 7.25. The number of amides is 2.